The van der Waals surface area contributed by atoms with Gasteiger partial charge in [0.05, 0.1) is 18.2 Å². The summed E-state index contributed by atoms with van der Waals surface area (Å²) in [5.41, 5.74) is 2.53. The van der Waals surface area contributed by atoms with Crippen molar-refractivity contribution in [3.63, 3.8) is 0 Å². The van der Waals surface area contributed by atoms with Crippen molar-refractivity contribution in [3.05, 3.63) is 70.2 Å². The Hall–Kier alpha value is -1.16. The molecule has 22 heavy (non-hydrogen) atoms. The maximum atomic E-state index is 6.42. The average molecular weight is 360 g/mol. The zero-order valence-electron chi connectivity index (χ0n) is 12.8. The number of halogens is 1. The summed E-state index contributed by atoms with van der Waals surface area (Å²) in [6, 6.07) is 19.3. The Morgan fingerprint density at radius 3 is 2.73 bits per heavy atom. The Bertz CT molecular complexity index is 601. The SMILES string of the molecule is C[C@@H](O[C@H]1CCCN[C@H]1c1ccccc1)c1cccc(Br)c1. The molecule has 0 bridgehead atoms. The molecule has 1 aliphatic rings. The molecule has 116 valence electrons. The maximum Gasteiger partial charge on any atom is 0.0801 e. The van der Waals surface area contributed by atoms with Crippen molar-refractivity contribution in [3.8, 4) is 0 Å². The molecule has 2 aromatic carbocycles. The molecule has 0 saturated carbocycles. The summed E-state index contributed by atoms with van der Waals surface area (Å²) in [7, 11) is 0. The summed E-state index contributed by atoms with van der Waals surface area (Å²) in [5.74, 6) is 0. The third kappa shape index (κ3) is 3.78. The fraction of sp³-hybridized carbons (Fsp3) is 0.368. The molecule has 1 saturated heterocycles. The molecular weight excluding hydrogens is 338 g/mol. The van der Waals surface area contributed by atoms with Crippen LogP contribution in [0, 0.1) is 0 Å². The molecule has 1 aliphatic heterocycles. The third-order valence-electron chi connectivity index (χ3n) is 4.26. The molecule has 3 rings (SSSR count). The average Bonchev–Trinajstić information content (AvgIpc) is 2.56. The molecule has 1 fully saturated rings. The van der Waals surface area contributed by atoms with Gasteiger partial charge in [0.1, 0.15) is 0 Å². The molecule has 0 aromatic heterocycles. The van der Waals surface area contributed by atoms with Crippen molar-refractivity contribution < 1.29 is 4.74 Å². The molecule has 0 radical (unpaired) electrons. The summed E-state index contributed by atoms with van der Waals surface area (Å²) in [5, 5.41) is 3.62. The molecular formula is C19H22BrNO. The summed E-state index contributed by atoms with van der Waals surface area (Å²) in [4.78, 5) is 0. The standard InChI is InChI=1S/C19H22BrNO/c1-14(16-9-5-10-17(20)13-16)22-18-11-6-12-21-19(18)15-7-3-2-4-8-15/h2-5,7-10,13-14,18-19,21H,6,11-12H2,1H3/t14-,18+,19+/m1/s1. The van der Waals surface area contributed by atoms with Gasteiger partial charge in [0.2, 0.25) is 0 Å². The molecule has 0 aliphatic carbocycles. The van der Waals surface area contributed by atoms with E-state index in [2.05, 4.69) is 76.7 Å². The van der Waals surface area contributed by atoms with E-state index in [0.717, 1.165) is 17.4 Å². The molecule has 0 unspecified atom stereocenters. The number of hydrogen-bond acceptors (Lipinski definition) is 2. The minimum atomic E-state index is 0.0913. The Kier molecular flexibility index (Phi) is 5.29. The van der Waals surface area contributed by atoms with E-state index in [4.69, 9.17) is 4.74 Å². The van der Waals surface area contributed by atoms with Gasteiger partial charge < -0.3 is 10.1 Å². The van der Waals surface area contributed by atoms with Gasteiger partial charge in [-0.15, -0.1) is 0 Å². The van der Waals surface area contributed by atoms with E-state index in [1.165, 1.54) is 17.5 Å². The van der Waals surface area contributed by atoms with Crippen LogP contribution >= 0.6 is 15.9 Å². The van der Waals surface area contributed by atoms with E-state index in [9.17, 15) is 0 Å². The van der Waals surface area contributed by atoms with Crippen molar-refractivity contribution in [1.82, 2.24) is 5.32 Å². The Morgan fingerprint density at radius 2 is 1.95 bits per heavy atom. The largest absolute Gasteiger partial charge is 0.369 e. The lowest BCUT2D eigenvalue weighted by atomic mass is 9.94. The van der Waals surface area contributed by atoms with Gasteiger partial charge in [-0.05, 0) is 49.6 Å². The third-order valence-corrected chi connectivity index (χ3v) is 4.75. The summed E-state index contributed by atoms with van der Waals surface area (Å²) >= 11 is 3.54. The molecule has 3 atom stereocenters. The van der Waals surface area contributed by atoms with E-state index in [0.29, 0.717) is 0 Å². The highest BCUT2D eigenvalue weighted by molar-refractivity contribution is 9.10. The van der Waals surface area contributed by atoms with Gasteiger partial charge in [-0.3, -0.25) is 0 Å². The van der Waals surface area contributed by atoms with Crippen LogP contribution in [0.1, 0.15) is 43.0 Å². The van der Waals surface area contributed by atoms with Gasteiger partial charge in [-0.1, -0.05) is 58.4 Å². The monoisotopic (exact) mass is 359 g/mol. The van der Waals surface area contributed by atoms with Gasteiger partial charge in [-0.2, -0.15) is 0 Å². The minimum Gasteiger partial charge on any atom is -0.369 e. The number of benzene rings is 2. The molecule has 3 heteroatoms. The number of ether oxygens (including phenoxy) is 1. The van der Waals surface area contributed by atoms with Crippen molar-refractivity contribution in [2.75, 3.05) is 6.54 Å². The lowest BCUT2D eigenvalue weighted by Crippen LogP contribution is -2.39. The number of piperidine rings is 1. The lowest BCUT2D eigenvalue weighted by molar-refractivity contribution is -0.0392. The molecule has 2 nitrogen and oxygen atoms in total. The van der Waals surface area contributed by atoms with Gasteiger partial charge >= 0.3 is 0 Å². The molecule has 1 N–H and O–H groups in total. The van der Waals surface area contributed by atoms with E-state index in [1.807, 2.05) is 6.07 Å². The lowest BCUT2D eigenvalue weighted by Gasteiger charge is -2.35. The van der Waals surface area contributed by atoms with Crippen molar-refractivity contribution in [2.45, 2.75) is 38.0 Å². The first-order valence-electron chi connectivity index (χ1n) is 7.93. The summed E-state index contributed by atoms with van der Waals surface area (Å²) < 4.78 is 7.51. The topological polar surface area (TPSA) is 21.3 Å². The van der Waals surface area contributed by atoms with Crippen LogP contribution in [0.4, 0.5) is 0 Å². The Morgan fingerprint density at radius 1 is 1.14 bits per heavy atom. The van der Waals surface area contributed by atoms with E-state index < -0.39 is 0 Å². The second-order valence-electron chi connectivity index (χ2n) is 5.86. The fourth-order valence-electron chi connectivity index (χ4n) is 3.10. The second kappa shape index (κ2) is 7.40. The predicted molar refractivity (Wildman–Crippen MR) is 93.8 cm³/mol. The van der Waals surface area contributed by atoms with Gasteiger partial charge in [0.15, 0.2) is 0 Å². The van der Waals surface area contributed by atoms with E-state index in [-0.39, 0.29) is 18.2 Å². The number of nitrogens with one attached hydrogen (secondary N) is 1. The van der Waals surface area contributed by atoms with Crippen molar-refractivity contribution in [2.24, 2.45) is 0 Å². The molecule has 2 aromatic rings. The van der Waals surface area contributed by atoms with Crippen LogP contribution < -0.4 is 5.32 Å². The highest BCUT2D eigenvalue weighted by atomic mass is 79.9. The Labute approximate surface area is 141 Å². The summed E-state index contributed by atoms with van der Waals surface area (Å²) in [6.45, 7) is 3.20. The minimum absolute atomic E-state index is 0.0913. The number of rotatable bonds is 4. The van der Waals surface area contributed by atoms with Crippen LogP contribution in [0.25, 0.3) is 0 Å². The molecule has 1 heterocycles. The zero-order valence-corrected chi connectivity index (χ0v) is 14.4. The quantitative estimate of drug-likeness (QED) is 0.827. The van der Waals surface area contributed by atoms with Gasteiger partial charge in [0.25, 0.3) is 0 Å². The normalized spacial score (nSPS) is 23.2. The summed E-state index contributed by atoms with van der Waals surface area (Å²) in [6.07, 6.45) is 2.57. The molecule has 0 amide bonds. The van der Waals surface area contributed by atoms with Crippen LogP contribution in [-0.4, -0.2) is 12.6 Å². The van der Waals surface area contributed by atoms with Crippen LogP contribution in [-0.2, 0) is 4.74 Å². The van der Waals surface area contributed by atoms with Crippen LogP contribution in [0.5, 0.6) is 0 Å². The first-order chi connectivity index (χ1) is 10.7. The maximum absolute atomic E-state index is 6.42. The first kappa shape index (κ1) is 15.7. The fourth-order valence-corrected chi connectivity index (χ4v) is 3.52. The highest BCUT2D eigenvalue weighted by Crippen LogP contribution is 2.31. The van der Waals surface area contributed by atoms with Crippen molar-refractivity contribution in [1.29, 1.82) is 0 Å². The van der Waals surface area contributed by atoms with Crippen LogP contribution in [0.3, 0.4) is 0 Å². The van der Waals surface area contributed by atoms with Crippen molar-refractivity contribution >= 4 is 15.9 Å². The predicted octanol–water partition coefficient (Wildman–Crippen LogP) is 5.02. The smallest absolute Gasteiger partial charge is 0.0801 e. The number of hydrogen-bond donors (Lipinski definition) is 1. The first-order valence-corrected chi connectivity index (χ1v) is 8.72. The van der Waals surface area contributed by atoms with E-state index in [1.54, 1.807) is 0 Å². The van der Waals surface area contributed by atoms with E-state index >= 15 is 0 Å². The molecule has 0 spiro atoms. The van der Waals surface area contributed by atoms with Crippen LogP contribution in [0.2, 0.25) is 0 Å². The van der Waals surface area contributed by atoms with Gasteiger partial charge in [0, 0.05) is 4.47 Å². The second-order valence-corrected chi connectivity index (χ2v) is 6.77. The highest BCUT2D eigenvalue weighted by Gasteiger charge is 2.28. The zero-order chi connectivity index (χ0) is 15.4. The van der Waals surface area contributed by atoms with Gasteiger partial charge in [-0.25, -0.2) is 0 Å². The Balaban J connectivity index is 1.74. The van der Waals surface area contributed by atoms with Crippen LogP contribution in [0.15, 0.2) is 59.1 Å².